The first-order chi connectivity index (χ1) is 10.0. The van der Waals surface area contributed by atoms with E-state index in [1.165, 1.54) is 10.5 Å². The Hall–Kier alpha value is -1.55. The summed E-state index contributed by atoms with van der Waals surface area (Å²) in [6.45, 7) is 8.51. The SMILES string of the molecule is CCCc1nc(N)c(C)c(Sc2ccc(C(C)C)cc2)n1. The number of nitrogens with zero attached hydrogens (tertiary/aromatic N) is 2. The molecule has 2 aromatic rings. The van der Waals surface area contributed by atoms with Crippen LogP contribution in [0.3, 0.4) is 0 Å². The second kappa shape index (κ2) is 6.94. The molecule has 0 aliphatic carbocycles. The van der Waals surface area contributed by atoms with E-state index in [1.54, 1.807) is 11.8 Å². The Balaban J connectivity index is 2.25. The van der Waals surface area contributed by atoms with E-state index in [1.807, 2.05) is 6.92 Å². The Morgan fingerprint density at radius 2 is 1.81 bits per heavy atom. The van der Waals surface area contributed by atoms with Gasteiger partial charge in [0.05, 0.1) is 0 Å². The minimum Gasteiger partial charge on any atom is -0.383 e. The number of hydrogen-bond acceptors (Lipinski definition) is 4. The maximum absolute atomic E-state index is 6.00. The van der Waals surface area contributed by atoms with Crippen LogP contribution < -0.4 is 5.73 Å². The Labute approximate surface area is 131 Å². The van der Waals surface area contributed by atoms with Crippen molar-refractivity contribution in [2.24, 2.45) is 0 Å². The molecule has 0 saturated heterocycles. The number of aromatic nitrogens is 2. The lowest BCUT2D eigenvalue weighted by atomic mass is 10.0. The zero-order valence-electron chi connectivity index (χ0n) is 13.2. The predicted octanol–water partition coefficient (Wildman–Crippen LogP) is 4.59. The summed E-state index contributed by atoms with van der Waals surface area (Å²) in [5.41, 5.74) is 8.32. The van der Waals surface area contributed by atoms with Crippen molar-refractivity contribution in [2.75, 3.05) is 5.73 Å². The van der Waals surface area contributed by atoms with Gasteiger partial charge in [0.15, 0.2) is 0 Å². The smallest absolute Gasteiger partial charge is 0.132 e. The second-order valence-electron chi connectivity index (χ2n) is 5.53. The Morgan fingerprint density at radius 1 is 1.14 bits per heavy atom. The molecule has 2 rings (SSSR count). The van der Waals surface area contributed by atoms with Gasteiger partial charge in [-0.05, 0) is 37.0 Å². The molecule has 21 heavy (non-hydrogen) atoms. The van der Waals surface area contributed by atoms with Gasteiger partial charge in [0, 0.05) is 16.9 Å². The molecule has 0 aliphatic rings. The first kappa shape index (κ1) is 15.8. The van der Waals surface area contributed by atoms with Crippen LogP contribution in [0.1, 0.15) is 50.1 Å². The third-order valence-electron chi connectivity index (χ3n) is 3.42. The Bertz CT molecular complexity index is 606. The molecule has 4 heteroatoms. The normalized spacial score (nSPS) is 11.1. The molecule has 0 atom stereocenters. The van der Waals surface area contributed by atoms with Gasteiger partial charge in [-0.3, -0.25) is 0 Å². The average molecular weight is 301 g/mol. The monoisotopic (exact) mass is 301 g/mol. The summed E-state index contributed by atoms with van der Waals surface area (Å²) in [6.07, 6.45) is 1.89. The maximum atomic E-state index is 6.00. The van der Waals surface area contributed by atoms with E-state index in [9.17, 15) is 0 Å². The summed E-state index contributed by atoms with van der Waals surface area (Å²) in [4.78, 5) is 10.2. The van der Waals surface area contributed by atoms with Crippen LogP contribution in [0.5, 0.6) is 0 Å². The molecule has 0 aliphatic heterocycles. The molecule has 112 valence electrons. The van der Waals surface area contributed by atoms with Crippen LogP contribution in [0.2, 0.25) is 0 Å². The topological polar surface area (TPSA) is 51.8 Å². The first-order valence-corrected chi connectivity index (χ1v) is 8.23. The summed E-state index contributed by atoms with van der Waals surface area (Å²) in [6, 6.07) is 8.66. The molecule has 0 bridgehead atoms. The summed E-state index contributed by atoms with van der Waals surface area (Å²) in [5, 5.41) is 0.961. The van der Waals surface area contributed by atoms with Crippen molar-refractivity contribution >= 4 is 17.6 Å². The Morgan fingerprint density at radius 3 is 2.38 bits per heavy atom. The van der Waals surface area contributed by atoms with E-state index in [0.717, 1.165) is 29.3 Å². The van der Waals surface area contributed by atoms with E-state index in [0.29, 0.717) is 11.7 Å². The van der Waals surface area contributed by atoms with Crippen molar-refractivity contribution in [1.29, 1.82) is 0 Å². The molecule has 0 unspecified atom stereocenters. The fraction of sp³-hybridized carbons (Fsp3) is 0.412. The average Bonchev–Trinajstić information content (AvgIpc) is 2.45. The fourth-order valence-corrected chi connectivity index (χ4v) is 2.93. The molecular formula is C17H23N3S. The quantitative estimate of drug-likeness (QED) is 0.820. The summed E-state index contributed by atoms with van der Waals surface area (Å²) in [7, 11) is 0. The van der Waals surface area contributed by atoms with E-state index in [-0.39, 0.29) is 0 Å². The zero-order chi connectivity index (χ0) is 15.4. The third-order valence-corrected chi connectivity index (χ3v) is 4.52. The molecule has 0 amide bonds. The molecule has 1 heterocycles. The van der Waals surface area contributed by atoms with Gasteiger partial charge >= 0.3 is 0 Å². The van der Waals surface area contributed by atoms with E-state index < -0.39 is 0 Å². The van der Waals surface area contributed by atoms with Gasteiger partial charge in [-0.2, -0.15) is 0 Å². The maximum Gasteiger partial charge on any atom is 0.132 e. The molecule has 0 radical (unpaired) electrons. The highest BCUT2D eigenvalue weighted by atomic mass is 32.2. The molecule has 0 fully saturated rings. The highest BCUT2D eigenvalue weighted by Crippen LogP contribution is 2.31. The Kier molecular flexibility index (Phi) is 5.23. The number of rotatable bonds is 5. The summed E-state index contributed by atoms with van der Waals surface area (Å²) in [5.74, 6) is 1.98. The van der Waals surface area contributed by atoms with Crippen molar-refractivity contribution in [2.45, 2.75) is 56.4 Å². The minimum atomic E-state index is 0.552. The van der Waals surface area contributed by atoms with Crippen LogP contribution in [0.15, 0.2) is 34.2 Å². The predicted molar refractivity (Wildman–Crippen MR) is 89.8 cm³/mol. The van der Waals surface area contributed by atoms with Crippen LogP contribution in [0.25, 0.3) is 0 Å². The van der Waals surface area contributed by atoms with Gasteiger partial charge < -0.3 is 5.73 Å². The summed E-state index contributed by atoms with van der Waals surface area (Å²) < 4.78 is 0. The number of benzene rings is 1. The molecular weight excluding hydrogens is 278 g/mol. The van der Waals surface area contributed by atoms with Gasteiger partial charge in [-0.15, -0.1) is 0 Å². The standard InChI is InChI=1S/C17H23N3S/c1-5-6-15-19-16(18)12(4)17(20-15)21-14-9-7-13(8-10-14)11(2)3/h7-11H,5-6H2,1-4H3,(H2,18,19,20). The summed E-state index contributed by atoms with van der Waals surface area (Å²) >= 11 is 1.66. The third kappa shape index (κ3) is 3.97. The van der Waals surface area contributed by atoms with E-state index >= 15 is 0 Å². The number of nitrogens with two attached hydrogens (primary N) is 1. The first-order valence-electron chi connectivity index (χ1n) is 7.42. The van der Waals surface area contributed by atoms with Gasteiger partial charge in [0.25, 0.3) is 0 Å². The lowest BCUT2D eigenvalue weighted by molar-refractivity contribution is 0.805. The van der Waals surface area contributed by atoms with Crippen molar-refractivity contribution in [3.63, 3.8) is 0 Å². The van der Waals surface area contributed by atoms with Gasteiger partial charge in [0.2, 0.25) is 0 Å². The van der Waals surface area contributed by atoms with Crippen LogP contribution in [0, 0.1) is 6.92 Å². The van der Waals surface area contributed by atoms with Crippen molar-refractivity contribution < 1.29 is 0 Å². The number of nitrogen functional groups attached to an aromatic ring is 1. The number of hydrogen-bond donors (Lipinski definition) is 1. The van der Waals surface area contributed by atoms with Crippen LogP contribution in [-0.2, 0) is 6.42 Å². The number of aryl methyl sites for hydroxylation is 1. The lowest BCUT2D eigenvalue weighted by Crippen LogP contribution is -2.04. The largest absolute Gasteiger partial charge is 0.383 e. The number of anilines is 1. The molecule has 2 N–H and O–H groups in total. The lowest BCUT2D eigenvalue weighted by Gasteiger charge is -2.10. The van der Waals surface area contributed by atoms with Crippen molar-refractivity contribution in [3.8, 4) is 0 Å². The molecule has 1 aromatic carbocycles. The molecule has 0 saturated carbocycles. The molecule has 1 aromatic heterocycles. The van der Waals surface area contributed by atoms with Crippen molar-refractivity contribution in [3.05, 3.63) is 41.2 Å². The van der Waals surface area contributed by atoms with Crippen LogP contribution >= 0.6 is 11.8 Å². The minimum absolute atomic E-state index is 0.552. The molecule has 0 spiro atoms. The van der Waals surface area contributed by atoms with Gasteiger partial charge in [0.1, 0.15) is 16.7 Å². The highest BCUT2D eigenvalue weighted by Gasteiger charge is 2.10. The highest BCUT2D eigenvalue weighted by molar-refractivity contribution is 7.99. The van der Waals surface area contributed by atoms with Gasteiger partial charge in [-0.25, -0.2) is 9.97 Å². The molecule has 3 nitrogen and oxygen atoms in total. The zero-order valence-corrected chi connectivity index (χ0v) is 14.0. The van der Waals surface area contributed by atoms with Crippen molar-refractivity contribution in [1.82, 2.24) is 9.97 Å². The van der Waals surface area contributed by atoms with E-state index in [4.69, 9.17) is 5.73 Å². The van der Waals surface area contributed by atoms with Crippen LogP contribution in [-0.4, -0.2) is 9.97 Å². The van der Waals surface area contributed by atoms with Crippen LogP contribution in [0.4, 0.5) is 5.82 Å². The fourth-order valence-electron chi connectivity index (χ4n) is 2.03. The van der Waals surface area contributed by atoms with Gasteiger partial charge in [-0.1, -0.05) is 44.7 Å². The van der Waals surface area contributed by atoms with E-state index in [2.05, 4.69) is 55.0 Å². The second-order valence-corrected chi connectivity index (χ2v) is 6.59.